The molecule has 1 N–H and O–H groups in total. The van der Waals surface area contributed by atoms with E-state index in [1.807, 2.05) is 24.9 Å². The monoisotopic (exact) mass is 506 g/mol. The van der Waals surface area contributed by atoms with Crippen molar-refractivity contribution < 1.29 is 4.74 Å². The summed E-state index contributed by atoms with van der Waals surface area (Å²) < 4.78 is 7.30. The highest BCUT2D eigenvalue weighted by Crippen LogP contribution is 2.20. The number of rotatable bonds is 9. The van der Waals surface area contributed by atoms with Crippen LogP contribution in [0.1, 0.15) is 42.6 Å². The number of hydrogen-bond acceptors (Lipinski definition) is 5. The summed E-state index contributed by atoms with van der Waals surface area (Å²) in [6.07, 6.45) is 4.93. The lowest BCUT2D eigenvalue weighted by atomic mass is 10.4. The summed E-state index contributed by atoms with van der Waals surface area (Å²) in [6, 6.07) is 0. The summed E-state index contributed by atoms with van der Waals surface area (Å²) in [5.74, 6) is 0.901. The normalized spacial score (nSPS) is 12.6. The van der Waals surface area contributed by atoms with E-state index in [0.29, 0.717) is 0 Å². The first-order valence-corrected chi connectivity index (χ1v) is 9.87. The van der Waals surface area contributed by atoms with E-state index in [1.54, 1.807) is 18.4 Å². The molecule has 0 saturated heterocycles. The second-order valence-corrected chi connectivity index (χ2v) is 7.17. The molecule has 7 nitrogen and oxygen atoms in total. The van der Waals surface area contributed by atoms with E-state index >= 15 is 0 Å². The molecule has 2 aromatic rings. The van der Waals surface area contributed by atoms with E-state index in [9.17, 15) is 0 Å². The highest BCUT2D eigenvalue weighted by molar-refractivity contribution is 14.0. The van der Waals surface area contributed by atoms with Gasteiger partial charge in [0.2, 0.25) is 0 Å². The fraction of sp³-hybridized carbons (Fsp3) is 0.611. The Kier molecular flexibility index (Phi) is 10.9. The Balaban J connectivity index is 0.00000364. The molecule has 0 saturated carbocycles. The van der Waals surface area contributed by atoms with E-state index in [2.05, 4.69) is 45.7 Å². The summed E-state index contributed by atoms with van der Waals surface area (Å²) in [6.45, 7) is 9.34. The minimum Gasteiger partial charge on any atom is -0.375 e. The van der Waals surface area contributed by atoms with Gasteiger partial charge in [0.1, 0.15) is 11.1 Å². The predicted octanol–water partition coefficient (Wildman–Crippen LogP) is 3.46. The molecule has 1 atom stereocenters. The minimum absolute atomic E-state index is 0. The van der Waals surface area contributed by atoms with Crippen LogP contribution in [-0.2, 0) is 17.8 Å². The number of nitrogens with one attached hydrogen (secondary N) is 1. The van der Waals surface area contributed by atoms with Crippen molar-refractivity contribution in [3.05, 3.63) is 34.0 Å². The van der Waals surface area contributed by atoms with Crippen molar-refractivity contribution >= 4 is 41.3 Å². The van der Waals surface area contributed by atoms with Crippen molar-refractivity contribution in [2.45, 2.75) is 46.4 Å². The molecule has 0 bridgehead atoms. The largest absolute Gasteiger partial charge is 0.375 e. The summed E-state index contributed by atoms with van der Waals surface area (Å²) in [5, 5.41) is 10.8. The maximum absolute atomic E-state index is 5.34. The number of methoxy groups -OCH3 is 1. The molecule has 9 heteroatoms. The van der Waals surface area contributed by atoms with Crippen molar-refractivity contribution in [3.8, 4) is 0 Å². The van der Waals surface area contributed by atoms with Crippen LogP contribution < -0.4 is 5.32 Å². The lowest BCUT2D eigenvalue weighted by Crippen LogP contribution is -2.38. The molecule has 2 rings (SSSR count). The Morgan fingerprint density at radius 2 is 2.26 bits per heavy atom. The summed E-state index contributed by atoms with van der Waals surface area (Å²) in [4.78, 5) is 11.5. The molecule has 152 valence electrons. The average Bonchev–Trinajstić information content (AvgIpc) is 3.26. The van der Waals surface area contributed by atoms with Gasteiger partial charge in [-0.15, -0.1) is 35.3 Å². The number of hydrogen-bond donors (Lipinski definition) is 1. The van der Waals surface area contributed by atoms with Gasteiger partial charge < -0.3 is 15.0 Å². The van der Waals surface area contributed by atoms with Crippen molar-refractivity contribution in [1.82, 2.24) is 25.0 Å². The van der Waals surface area contributed by atoms with Crippen LogP contribution in [0.15, 0.2) is 22.8 Å². The number of aliphatic imine (C=N–C) groups is 1. The third-order valence-corrected chi connectivity index (χ3v) is 4.99. The number of halogens is 1. The van der Waals surface area contributed by atoms with Gasteiger partial charge in [-0.05, 0) is 32.8 Å². The van der Waals surface area contributed by atoms with E-state index in [4.69, 9.17) is 9.73 Å². The molecule has 0 radical (unpaired) electrons. The van der Waals surface area contributed by atoms with E-state index < -0.39 is 0 Å². The van der Waals surface area contributed by atoms with Crippen LogP contribution >= 0.6 is 35.3 Å². The van der Waals surface area contributed by atoms with Gasteiger partial charge in [0.05, 0.1) is 18.4 Å². The van der Waals surface area contributed by atoms with Gasteiger partial charge in [-0.3, -0.25) is 9.67 Å². The van der Waals surface area contributed by atoms with E-state index in [1.165, 1.54) is 5.56 Å². The van der Waals surface area contributed by atoms with E-state index in [0.717, 1.165) is 49.3 Å². The molecule has 0 amide bonds. The second-order valence-electron chi connectivity index (χ2n) is 6.28. The van der Waals surface area contributed by atoms with Crippen LogP contribution in [-0.4, -0.2) is 52.9 Å². The molecule has 0 spiro atoms. The van der Waals surface area contributed by atoms with Crippen LogP contribution in [0.4, 0.5) is 0 Å². The summed E-state index contributed by atoms with van der Waals surface area (Å²) in [5.41, 5.74) is 2.22. The Morgan fingerprint density at radius 3 is 2.89 bits per heavy atom. The first-order chi connectivity index (χ1) is 12.5. The van der Waals surface area contributed by atoms with Crippen molar-refractivity contribution in [1.29, 1.82) is 0 Å². The molecule has 1 unspecified atom stereocenters. The fourth-order valence-corrected chi connectivity index (χ4v) is 3.32. The molecule has 27 heavy (non-hydrogen) atoms. The number of aromatic nitrogens is 3. The third kappa shape index (κ3) is 7.74. The predicted molar refractivity (Wildman–Crippen MR) is 122 cm³/mol. The topological polar surface area (TPSA) is 67.6 Å². The molecule has 0 aromatic carbocycles. The highest BCUT2D eigenvalue weighted by Gasteiger charge is 2.12. The molecule has 2 heterocycles. The summed E-state index contributed by atoms with van der Waals surface area (Å²) in [7, 11) is 3.75. The lowest BCUT2D eigenvalue weighted by Gasteiger charge is -2.21. The number of aryl methyl sites for hydroxylation is 2. The quantitative estimate of drug-likeness (QED) is 0.244. The van der Waals surface area contributed by atoms with Crippen LogP contribution in [0.2, 0.25) is 0 Å². The zero-order valence-electron chi connectivity index (χ0n) is 16.8. The number of thiazole rings is 1. The zero-order valence-corrected chi connectivity index (χ0v) is 20.0. The zero-order chi connectivity index (χ0) is 18.9. The molecular weight excluding hydrogens is 475 g/mol. The first-order valence-electron chi connectivity index (χ1n) is 8.99. The van der Waals surface area contributed by atoms with Crippen LogP contribution in [0.25, 0.3) is 0 Å². The first kappa shape index (κ1) is 23.8. The highest BCUT2D eigenvalue weighted by atomic mass is 127. The molecular formula is C18H31IN6OS. The van der Waals surface area contributed by atoms with Crippen molar-refractivity contribution in [2.75, 3.05) is 27.2 Å². The van der Waals surface area contributed by atoms with Gasteiger partial charge in [0.15, 0.2) is 5.96 Å². The molecule has 0 aliphatic carbocycles. The van der Waals surface area contributed by atoms with Gasteiger partial charge in [0, 0.05) is 45.4 Å². The Hall–Kier alpha value is -1.20. The fourth-order valence-electron chi connectivity index (χ4n) is 2.48. The SMILES string of the molecule is CCNC(=NCCCn1cc(C)cn1)N(C)Cc1csc(C(C)OC)n1.I. The van der Waals surface area contributed by atoms with Gasteiger partial charge in [-0.25, -0.2) is 4.98 Å². The Labute approximate surface area is 183 Å². The summed E-state index contributed by atoms with van der Waals surface area (Å²) >= 11 is 1.64. The second kappa shape index (κ2) is 12.3. The van der Waals surface area contributed by atoms with Crippen molar-refractivity contribution in [3.63, 3.8) is 0 Å². The smallest absolute Gasteiger partial charge is 0.194 e. The van der Waals surface area contributed by atoms with Gasteiger partial charge in [-0.2, -0.15) is 5.10 Å². The maximum atomic E-state index is 5.34. The molecule has 0 aliphatic rings. The Bertz CT molecular complexity index is 702. The third-order valence-electron chi connectivity index (χ3n) is 3.94. The lowest BCUT2D eigenvalue weighted by molar-refractivity contribution is 0.119. The van der Waals surface area contributed by atoms with Gasteiger partial charge in [0.25, 0.3) is 0 Å². The van der Waals surface area contributed by atoms with Gasteiger partial charge in [-0.1, -0.05) is 0 Å². The minimum atomic E-state index is 0. The average molecular weight is 506 g/mol. The molecule has 0 aliphatic heterocycles. The van der Waals surface area contributed by atoms with E-state index in [-0.39, 0.29) is 30.1 Å². The number of guanidine groups is 1. The number of nitrogens with zero attached hydrogens (tertiary/aromatic N) is 5. The van der Waals surface area contributed by atoms with Crippen LogP contribution in [0.3, 0.4) is 0 Å². The molecule has 2 aromatic heterocycles. The van der Waals surface area contributed by atoms with Crippen LogP contribution in [0, 0.1) is 6.92 Å². The number of ether oxygens (including phenoxy) is 1. The molecule has 0 fully saturated rings. The maximum Gasteiger partial charge on any atom is 0.194 e. The van der Waals surface area contributed by atoms with Crippen LogP contribution in [0.5, 0.6) is 0 Å². The van der Waals surface area contributed by atoms with Crippen molar-refractivity contribution in [2.24, 2.45) is 4.99 Å². The van der Waals surface area contributed by atoms with Gasteiger partial charge >= 0.3 is 0 Å². The standard InChI is InChI=1S/C18H30N6OS.HI/c1-6-19-18(20-8-7-9-24-11-14(2)10-21-24)23(4)12-16-13-26-17(22-16)15(3)25-5;/h10-11,13,15H,6-9,12H2,1-5H3,(H,19,20);1H. The Morgan fingerprint density at radius 1 is 1.48 bits per heavy atom.